The lowest BCUT2D eigenvalue weighted by Crippen LogP contribution is -2.39. The van der Waals surface area contributed by atoms with E-state index in [1.807, 2.05) is 12.1 Å². The summed E-state index contributed by atoms with van der Waals surface area (Å²) in [6, 6.07) is 5.45. The number of aromatic nitrogens is 3. The monoisotopic (exact) mass is 217 g/mol. The third-order valence-electron chi connectivity index (χ3n) is 2.29. The van der Waals surface area contributed by atoms with Crippen LogP contribution in [0.15, 0.2) is 46.4 Å². The van der Waals surface area contributed by atoms with Gasteiger partial charge >= 0.3 is 11.1 Å². The summed E-state index contributed by atoms with van der Waals surface area (Å²) in [4.78, 5) is 27.1. The second-order valence-electron chi connectivity index (χ2n) is 3.47. The van der Waals surface area contributed by atoms with E-state index in [9.17, 15) is 9.59 Å². The number of rotatable bonds is 2. The van der Waals surface area contributed by atoms with E-state index in [4.69, 9.17) is 0 Å². The van der Waals surface area contributed by atoms with E-state index < -0.39 is 11.1 Å². The van der Waals surface area contributed by atoms with E-state index in [2.05, 4.69) is 4.98 Å². The van der Waals surface area contributed by atoms with E-state index in [0.717, 1.165) is 5.69 Å². The van der Waals surface area contributed by atoms with Crippen LogP contribution in [-0.2, 0) is 13.6 Å². The highest BCUT2D eigenvalue weighted by Crippen LogP contribution is 1.94. The largest absolute Gasteiger partial charge is 0.316 e. The van der Waals surface area contributed by atoms with Gasteiger partial charge in [-0.15, -0.1) is 0 Å². The molecule has 0 bridgehead atoms. The van der Waals surface area contributed by atoms with Gasteiger partial charge in [-0.2, -0.15) is 0 Å². The average molecular weight is 217 g/mol. The summed E-state index contributed by atoms with van der Waals surface area (Å²) in [5.41, 5.74) is -0.313. The standard InChI is InChI=1S/C11H11N3O2/c1-13-6-7-14(11(16)10(13)15)8-9-4-2-3-5-12-9/h2-7H,8H2,1H3. The van der Waals surface area contributed by atoms with Crippen molar-refractivity contribution in [1.82, 2.24) is 14.1 Å². The van der Waals surface area contributed by atoms with Gasteiger partial charge in [-0.3, -0.25) is 14.6 Å². The Balaban J connectivity index is 2.41. The van der Waals surface area contributed by atoms with Crippen molar-refractivity contribution < 1.29 is 0 Å². The predicted molar refractivity (Wildman–Crippen MR) is 59.3 cm³/mol. The zero-order valence-electron chi connectivity index (χ0n) is 8.83. The van der Waals surface area contributed by atoms with Gasteiger partial charge in [-0.1, -0.05) is 6.07 Å². The molecule has 0 fully saturated rings. The minimum absolute atomic E-state index is 0.315. The van der Waals surface area contributed by atoms with Crippen molar-refractivity contribution >= 4 is 0 Å². The first kappa shape index (κ1) is 10.4. The van der Waals surface area contributed by atoms with Crippen LogP contribution in [0.25, 0.3) is 0 Å². The van der Waals surface area contributed by atoms with Crippen molar-refractivity contribution in [3.63, 3.8) is 0 Å². The molecule has 5 nitrogen and oxygen atoms in total. The van der Waals surface area contributed by atoms with Gasteiger partial charge in [0.2, 0.25) is 0 Å². The Kier molecular flexibility index (Phi) is 2.68. The lowest BCUT2D eigenvalue weighted by molar-refractivity contribution is 0.684. The Morgan fingerprint density at radius 1 is 1.19 bits per heavy atom. The molecule has 0 radical (unpaired) electrons. The minimum Gasteiger partial charge on any atom is -0.312 e. The summed E-state index contributed by atoms with van der Waals surface area (Å²) in [6.07, 6.45) is 4.80. The van der Waals surface area contributed by atoms with E-state index in [1.54, 1.807) is 31.7 Å². The lowest BCUT2D eigenvalue weighted by Gasteiger charge is -2.05. The summed E-state index contributed by atoms with van der Waals surface area (Å²) < 4.78 is 2.61. The molecule has 0 aliphatic heterocycles. The number of aryl methyl sites for hydroxylation is 1. The van der Waals surface area contributed by atoms with Crippen molar-refractivity contribution in [2.75, 3.05) is 0 Å². The molecule has 82 valence electrons. The number of hydrogen-bond acceptors (Lipinski definition) is 3. The Labute approximate surface area is 91.6 Å². The Bertz CT molecular complexity index is 599. The maximum atomic E-state index is 11.6. The smallest absolute Gasteiger partial charge is 0.312 e. The normalized spacial score (nSPS) is 10.3. The van der Waals surface area contributed by atoms with Gasteiger partial charge < -0.3 is 9.13 Å². The highest BCUT2D eigenvalue weighted by Gasteiger charge is 2.03. The molecule has 2 aromatic heterocycles. The Hall–Kier alpha value is -2.17. The van der Waals surface area contributed by atoms with Crippen molar-refractivity contribution in [3.05, 3.63) is 63.2 Å². The van der Waals surface area contributed by atoms with Crippen LogP contribution in [-0.4, -0.2) is 14.1 Å². The summed E-state index contributed by atoms with van der Waals surface area (Å²) in [7, 11) is 1.55. The molecule has 0 saturated carbocycles. The number of nitrogens with zero attached hydrogens (tertiary/aromatic N) is 3. The second kappa shape index (κ2) is 4.14. The quantitative estimate of drug-likeness (QED) is 0.665. The molecular formula is C11H11N3O2. The van der Waals surface area contributed by atoms with Crippen LogP contribution < -0.4 is 11.1 Å². The van der Waals surface area contributed by atoms with Gasteiger partial charge in [0.05, 0.1) is 12.2 Å². The molecule has 5 heteroatoms. The van der Waals surface area contributed by atoms with E-state index in [1.165, 1.54) is 9.13 Å². The number of hydrogen-bond donors (Lipinski definition) is 0. The molecule has 0 saturated heterocycles. The Morgan fingerprint density at radius 3 is 2.69 bits per heavy atom. The van der Waals surface area contributed by atoms with Crippen LogP contribution in [0.4, 0.5) is 0 Å². The van der Waals surface area contributed by atoms with Crippen LogP contribution in [0, 0.1) is 0 Å². The Morgan fingerprint density at radius 2 is 2.00 bits per heavy atom. The summed E-state index contributed by atoms with van der Waals surface area (Å²) in [5, 5.41) is 0. The first-order valence-electron chi connectivity index (χ1n) is 4.84. The molecule has 0 unspecified atom stereocenters. The summed E-state index contributed by atoms with van der Waals surface area (Å²) >= 11 is 0. The topological polar surface area (TPSA) is 56.9 Å². The fraction of sp³-hybridized carbons (Fsp3) is 0.182. The molecule has 0 aromatic carbocycles. The molecule has 0 aliphatic rings. The van der Waals surface area contributed by atoms with Gasteiger partial charge in [0.15, 0.2) is 0 Å². The molecule has 2 heterocycles. The summed E-state index contributed by atoms with van der Waals surface area (Å²) in [5.74, 6) is 0. The number of pyridine rings is 1. The third-order valence-corrected chi connectivity index (χ3v) is 2.29. The first-order chi connectivity index (χ1) is 7.68. The zero-order chi connectivity index (χ0) is 11.5. The van der Waals surface area contributed by atoms with Crippen molar-refractivity contribution in [1.29, 1.82) is 0 Å². The molecule has 2 rings (SSSR count). The molecule has 0 spiro atoms. The minimum atomic E-state index is -0.532. The fourth-order valence-electron chi connectivity index (χ4n) is 1.38. The molecule has 0 amide bonds. The van der Waals surface area contributed by atoms with Crippen LogP contribution >= 0.6 is 0 Å². The van der Waals surface area contributed by atoms with Crippen LogP contribution in [0.5, 0.6) is 0 Å². The van der Waals surface area contributed by atoms with Gasteiger partial charge in [-0.25, -0.2) is 0 Å². The van der Waals surface area contributed by atoms with Crippen molar-refractivity contribution in [2.24, 2.45) is 7.05 Å². The average Bonchev–Trinajstić information content (AvgIpc) is 2.31. The highest BCUT2D eigenvalue weighted by atomic mass is 16.2. The molecule has 0 N–H and O–H groups in total. The second-order valence-corrected chi connectivity index (χ2v) is 3.47. The maximum absolute atomic E-state index is 11.6. The van der Waals surface area contributed by atoms with Crippen LogP contribution in [0.1, 0.15) is 5.69 Å². The molecule has 16 heavy (non-hydrogen) atoms. The van der Waals surface area contributed by atoms with E-state index in [-0.39, 0.29) is 0 Å². The van der Waals surface area contributed by atoms with E-state index >= 15 is 0 Å². The zero-order valence-corrected chi connectivity index (χ0v) is 8.83. The SMILES string of the molecule is Cn1ccn(Cc2ccccn2)c(=O)c1=O. The maximum Gasteiger partial charge on any atom is 0.316 e. The van der Waals surface area contributed by atoms with Crippen molar-refractivity contribution in [3.8, 4) is 0 Å². The molecule has 0 aliphatic carbocycles. The van der Waals surface area contributed by atoms with Gasteiger partial charge in [-0.05, 0) is 12.1 Å². The van der Waals surface area contributed by atoms with Crippen LogP contribution in [0.3, 0.4) is 0 Å². The molecule has 0 atom stereocenters. The third kappa shape index (κ3) is 1.93. The van der Waals surface area contributed by atoms with Gasteiger partial charge in [0.1, 0.15) is 0 Å². The molecular weight excluding hydrogens is 206 g/mol. The van der Waals surface area contributed by atoms with Gasteiger partial charge in [0, 0.05) is 25.6 Å². The first-order valence-corrected chi connectivity index (χ1v) is 4.84. The molecule has 2 aromatic rings. The van der Waals surface area contributed by atoms with Crippen molar-refractivity contribution in [2.45, 2.75) is 6.54 Å². The lowest BCUT2D eigenvalue weighted by atomic mass is 10.3. The fourth-order valence-corrected chi connectivity index (χ4v) is 1.38. The van der Waals surface area contributed by atoms with Crippen LogP contribution in [0.2, 0.25) is 0 Å². The van der Waals surface area contributed by atoms with Gasteiger partial charge in [0.25, 0.3) is 0 Å². The summed E-state index contributed by atoms with van der Waals surface area (Å²) in [6.45, 7) is 0.315. The predicted octanol–water partition coefficient (Wildman–Crippen LogP) is -0.00970. The van der Waals surface area contributed by atoms with E-state index in [0.29, 0.717) is 6.54 Å². The highest BCUT2D eigenvalue weighted by molar-refractivity contribution is 5.04.